The van der Waals surface area contributed by atoms with Crippen LogP contribution in [0.2, 0.25) is 0 Å². The first-order valence-electron chi connectivity index (χ1n) is 8.32. The van der Waals surface area contributed by atoms with Crippen molar-refractivity contribution in [1.29, 1.82) is 5.26 Å². The molecule has 0 unspecified atom stereocenters. The summed E-state index contributed by atoms with van der Waals surface area (Å²) in [5.74, 6) is 0.779. The molecule has 1 aliphatic rings. The first kappa shape index (κ1) is 16.0. The van der Waals surface area contributed by atoms with Crippen molar-refractivity contribution >= 4 is 5.95 Å². The van der Waals surface area contributed by atoms with Gasteiger partial charge < -0.3 is 10.5 Å². The number of rotatable bonds is 4. The number of fused-ring (bicyclic) bond motifs is 1. The number of ether oxygens (including phenoxy) is 1. The van der Waals surface area contributed by atoms with Crippen molar-refractivity contribution in [1.82, 2.24) is 19.9 Å². The van der Waals surface area contributed by atoms with Crippen molar-refractivity contribution in [3.63, 3.8) is 0 Å². The smallest absolute Gasteiger partial charge is 0.219 e. The molecule has 0 aromatic carbocycles. The number of nitriles is 1. The van der Waals surface area contributed by atoms with Gasteiger partial charge in [0, 0.05) is 29.7 Å². The lowest BCUT2D eigenvalue weighted by molar-refractivity contribution is 0.288. The van der Waals surface area contributed by atoms with Crippen LogP contribution in [-0.2, 0) is 19.4 Å². The largest absolute Gasteiger partial charge is 0.471 e. The first-order valence-corrected chi connectivity index (χ1v) is 8.32. The van der Waals surface area contributed by atoms with Crippen LogP contribution in [0.3, 0.4) is 0 Å². The van der Waals surface area contributed by atoms with Crippen molar-refractivity contribution < 1.29 is 4.74 Å². The van der Waals surface area contributed by atoms with Crippen molar-refractivity contribution in [2.24, 2.45) is 0 Å². The highest BCUT2D eigenvalue weighted by Gasteiger charge is 2.20. The summed E-state index contributed by atoms with van der Waals surface area (Å²) >= 11 is 0. The van der Waals surface area contributed by atoms with Crippen LogP contribution in [-0.4, -0.2) is 19.9 Å². The molecule has 0 aliphatic heterocycles. The Kier molecular flexibility index (Phi) is 4.15. The Morgan fingerprint density at radius 2 is 2.00 bits per heavy atom. The average molecular weight is 344 g/mol. The highest BCUT2D eigenvalue weighted by Crippen LogP contribution is 2.33. The zero-order chi connectivity index (χ0) is 17.9. The Hall–Kier alpha value is -3.53. The molecule has 128 valence electrons. The van der Waals surface area contributed by atoms with Gasteiger partial charge in [0.2, 0.25) is 11.8 Å². The summed E-state index contributed by atoms with van der Waals surface area (Å²) < 4.78 is 5.85. The van der Waals surface area contributed by atoms with Crippen LogP contribution < -0.4 is 10.5 Å². The maximum absolute atomic E-state index is 8.95. The standard InChI is InChI=1S/C19H16N6O/c20-8-13-3-1-4-14(24-13)11-26-18-7-16(12-9-22-19(21)23-10-12)15-5-2-6-17(15)25-18/h1,3-4,7,9-10H,2,5-6,11H2,(H2,21,22,23). The van der Waals surface area contributed by atoms with Crippen LogP contribution in [0.25, 0.3) is 11.1 Å². The Labute approximate surface area is 150 Å². The van der Waals surface area contributed by atoms with E-state index in [0.29, 0.717) is 17.3 Å². The topological polar surface area (TPSA) is 111 Å². The van der Waals surface area contributed by atoms with Crippen LogP contribution in [0.5, 0.6) is 5.88 Å². The van der Waals surface area contributed by atoms with Crippen LogP contribution in [0.1, 0.15) is 29.1 Å². The van der Waals surface area contributed by atoms with Crippen LogP contribution in [0.4, 0.5) is 5.95 Å². The molecule has 7 heteroatoms. The summed E-state index contributed by atoms with van der Waals surface area (Å²) in [6, 6.07) is 9.21. The predicted molar refractivity (Wildman–Crippen MR) is 95.0 cm³/mol. The van der Waals surface area contributed by atoms with Gasteiger partial charge in [0.25, 0.3) is 0 Å². The van der Waals surface area contributed by atoms with E-state index in [9.17, 15) is 0 Å². The minimum absolute atomic E-state index is 0.249. The monoisotopic (exact) mass is 344 g/mol. The highest BCUT2D eigenvalue weighted by molar-refractivity contribution is 5.69. The second kappa shape index (κ2) is 6.76. The molecule has 0 radical (unpaired) electrons. The molecule has 0 saturated heterocycles. The second-order valence-corrected chi connectivity index (χ2v) is 6.03. The molecule has 4 rings (SSSR count). The number of anilines is 1. The van der Waals surface area contributed by atoms with E-state index in [4.69, 9.17) is 15.7 Å². The molecule has 2 N–H and O–H groups in total. The fraction of sp³-hybridized carbons (Fsp3) is 0.211. The predicted octanol–water partition coefficient (Wildman–Crippen LogP) is 2.46. The molecule has 0 bridgehead atoms. The van der Waals surface area contributed by atoms with Gasteiger partial charge in [0.05, 0.1) is 5.69 Å². The first-order chi connectivity index (χ1) is 12.7. The summed E-state index contributed by atoms with van der Waals surface area (Å²) in [7, 11) is 0. The number of nitrogens with zero attached hydrogens (tertiary/aromatic N) is 5. The molecule has 3 aromatic heterocycles. The number of nitrogen functional groups attached to an aromatic ring is 1. The van der Waals surface area contributed by atoms with E-state index in [1.807, 2.05) is 18.2 Å². The molecule has 1 aliphatic carbocycles. The fourth-order valence-corrected chi connectivity index (χ4v) is 3.10. The minimum Gasteiger partial charge on any atom is -0.471 e. The zero-order valence-corrected chi connectivity index (χ0v) is 14.0. The van der Waals surface area contributed by atoms with Gasteiger partial charge in [0.15, 0.2) is 0 Å². The van der Waals surface area contributed by atoms with E-state index in [1.165, 1.54) is 5.56 Å². The van der Waals surface area contributed by atoms with Gasteiger partial charge in [-0.1, -0.05) is 6.07 Å². The van der Waals surface area contributed by atoms with Gasteiger partial charge in [-0.25, -0.2) is 19.9 Å². The average Bonchev–Trinajstić information content (AvgIpc) is 3.15. The molecule has 0 fully saturated rings. The lowest BCUT2D eigenvalue weighted by Gasteiger charge is -2.12. The summed E-state index contributed by atoms with van der Waals surface area (Å²) in [5, 5.41) is 8.95. The Morgan fingerprint density at radius 3 is 2.81 bits per heavy atom. The molecule has 0 saturated carbocycles. The van der Waals surface area contributed by atoms with E-state index in [0.717, 1.165) is 36.1 Å². The van der Waals surface area contributed by atoms with E-state index in [1.54, 1.807) is 24.5 Å². The van der Waals surface area contributed by atoms with Gasteiger partial charge in [-0.2, -0.15) is 5.26 Å². The molecule has 7 nitrogen and oxygen atoms in total. The molecular weight excluding hydrogens is 328 g/mol. The van der Waals surface area contributed by atoms with Crippen LogP contribution >= 0.6 is 0 Å². The molecule has 0 amide bonds. The van der Waals surface area contributed by atoms with Crippen LogP contribution in [0, 0.1) is 11.3 Å². The number of pyridine rings is 2. The van der Waals surface area contributed by atoms with E-state index < -0.39 is 0 Å². The van der Waals surface area contributed by atoms with Crippen LogP contribution in [0.15, 0.2) is 36.7 Å². The molecule has 0 spiro atoms. The summed E-state index contributed by atoms with van der Waals surface area (Å²) in [4.78, 5) is 17.0. The number of hydrogen-bond acceptors (Lipinski definition) is 7. The van der Waals surface area contributed by atoms with Gasteiger partial charge >= 0.3 is 0 Å². The number of nitrogens with two attached hydrogens (primary N) is 1. The van der Waals surface area contributed by atoms with Gasteiger partial charge in [-0.3, -0.25) is 0 Å². The zero-order valence-electron chi connectivity index (χ0n) is 14.0. The molecule has 3 heterocycles. The third-order valence-electron chi connectivity index (χ3n) is 4.30. The highest BCUT2D eigenvalue weighted by atomic mass is 16.5. The van der Waals surface area contributed by atoms with Crippen molar-refractivity contribution in [3.8, 4) is 23.1 Å². The van der Waals surface area contributed by atoms with Gasteiger partial charge in [0.1, 0.15) is 18.4 Å². The van der Waals surface area contributed by atoms with Gasteiger partial charge in [-0.05, 0) is 42.5 Å². The van der Waals surface area contributed by atoms with Crippen molar-refractivity contribution in [3.05, 3.63) is 59.3 Å². The van der Waals surface area contributed by atoms with Crippen molar-refractivity contribution in [2.45, 2.75) is 25.9 Å². The third kappa shape index (κ3) is 3.17. The lowest BCUT2D eigenvalue weighted by atomic mass is 10.0. The van der Waals surface area contributed by atoms with Gasteiger partial charge in [-0.15, -0.1) is 0 Å². The third-order valence-corrected chi connectivity index (χ3v) is 4.30. The molecule has 0 atom stereocenters. The summed E-state index contributed by atoms with van der Waals surface area (Å²) in [6.07, 6.45) is 6.42. The number of hydrogen-bond donors (Lipinski definition) is 1. The van der Waals surface area contributed by atoms with E-state index in [-0.39, 0.29) is 12.6 Å². The van der Waals surface area contributed by atoms with Crippen molar-refractivity contribution in [2.75, 3.05) is 5.73 Å². The Morgan fingerprint density at radius 1 is 1.15 bits per heavy atom. The lowest BCUT2D eigenvalue weighted by Crippen LogP contribution is -2.03. The quantitative estimate of drug-likeness (QED) is 0.774. The fourth-order valence-electron chi connectivity index (χ4n) is 3.10. The number of aromatic nitrogens is 4. The van der Waals surface area contributed by atoms with E-state index in [2.05, 4.69) is 19.9 Å². The number of aryl methyl sites for hydroxylation is 1. The SMILES string of the molecule is N#Cc1cccc(COc2cc(-c3cnc(N)nc3)c3c(n2)CCC3)n1. The Balaban J connectivity index is 1.64. The molecular formula is C19H16N6O. The van der Waals surface area contributed by atoms with E-state index >= 15 is 0 Å². The Bertz CT molecular complexity index is 994. The maximum Gasteiger partial charge on any atom is 0.219 e. The summed E-state index contributed by atoms with van der Waals surface area (Å²) in [6.45, 7) is 0.249. The summed E-state index contributed by atoms with van der Waals surface area (Å²) in [5.41, 5.74) is 10.8. The maximum atomic E-state index is 8.95. The second-order valence-electron chi connectivity index (χ2n) is 6.03. The molecule has 26 heavy (non-hydrogen) atoms. The molecule has 3 aromatic rings. The minimum atomic E-state index is 0.249. The normalized spacial score (nSPS) is 12.4.